The lowest BCUT2D eigenvalue weighted by Crippen LogP contribution is -2.39. The van der Waals surface area contributed by atoms with E-state index in [1.54, 1.807) is 12.1 Å². The van der Waals surface area contributed by atoms with E-state index in [4.69, 9.17) is 23.2 Å². The molecule has 17 heavy (non-hydrogen) atoms. The summed E-state index contributed by atoms with van der Waals surface area (Å²) >= 11 is 11.9. The zero-order valence-electron chi connectivity index (χ0n) is 9.56. The number of rotatable bonds is 3. The first-order chi connectivity index (χ1) is 8.16. The molecule has 4 heteroatoms. The summed E-state index contributed by atoms with van der Waals surface area (Å²) < 4.78 is 13.5. The van der Waals surface area contributed by atoms with E-state index in [2.05, 4.69) is 5.32 Å². The predicted molar refractivity (Wildman–Crippen MR) is 70.1 cm³/mol. The van der Waals surface area contributed by atoms with Crippen LogP contribution in [-0.4, -0.2) is 11.4 Å². The Morgan fingerprint density at radius 1 is 1.29 bits per heavy atom. The van der Waals surface area contributed by atoms with E-state index in [0.29, 0.717) is 23.2 Å². The van der Waals surface area contributed by atoms with Crippen LogP contribution < -0.4 is 5.32 Å². The normalized spacial score (nSPS) is 24.9. The number of nitrogens with one attached hydrogen (secondary N) is 1. The first-order valence-corrected chi connectivity index (χ1v) is 6.79. The predicted octanol–water partition coefficient (Wildman–Crippen LogP) is 4.12. The molecule has 0 aromatic heterocycles. The monoisotopic (exact) mass is 275 g/mol. The highest BCUT2D eigenvalue weighted by Gasteiger charge is 2.22. The number of benzene rings is 1. The van der Waals surface area contributed by atoms with Crippen molar-refractivity contribution in [2.24, 2.45) is 0 Å². The van der Waals surface area contributed by atoms with Crippen molar-refractivity contribution in [3.63, 3.8) is 0 Å². The maximum Gasteiger partial charge on any atom is 0.129 e. The maximum absolute atomic E-state index is 13.5. The minimum atomic E-state index is -0.257. The molecular formula is C13H16Cl2FN. The molecule has 0 spiro atoms. The van der Waals surface area contributed by atoms with Gasteiger partial charge in [0.05, 0.1) is 0 Å². The van der Waals surface area contributed by atoms with Crippen molar-refractivity contribution in [1.82, 2.24) is 5.32 Å². The lowest BCUT2D eigenvalue weighted by Gasteiger charge is -2.28. The average Bonchev–Trinajstić information content (AvgIpc) is 2.30. The largest absolute Gasteiger partial charge is 0.308 e. The van der Waals surface area contributed by atoms with E-state index >= 15 is 0 Å². The Hall–Kier alpha value is -0.310. The van der Waals surface area contributed by atoms with Gasteiger partial charge in [-0.25, -0.2) is 4.39 Å². The fourth-order valence-electron chi connectivity index (χ4n) is 2.22. The van der Waals surface area contributed by atoms with E-state index in [1.807, 2.05) is 0 Å². The highest BCUT2D eigenvalue weighted by molar-refractivity contribution is 6.30. The van der Waals surface area contributed by atoms with Gasteiger partial charge in [-0.1, -0.05) is 30.5 Å². The Labute approximate surface area is 111 Å². The average molecular weight is 276 g/mol. The van der Waals surface area contributed by atoms with Crippen molar-refractivity contribution in [2.45, 2.75) is 43.6 Å². The maximum atomic E-state index is 13.5. The molecule has 0 bridgehead atoms. The van der Waals surface area contributed by atoms with Gasteiger partial charge >= 0.3 is 0 Å². The zero-order valence-corrected chi connectivity index (χ0v) is 11.1. The van der Waals surface area contributed by atoms with Crippen LogP contribution in [0.3, 0.4) is 0 Å². The van der Waals surface area contributed by atoms with E-state index in [9.17, 15) is 4.39 Å². The topological polar surface area (TPSA) is 12.0 Å². The Kier molecular flexibility index (Phi) is 4.66. The van der Waals surface area contributed by atoms with Crippen molar-refractivity contribution in [2.75, 3.05) is 0 Å². The molecule has 2 rings (SSSR count). The van der Waals surface area contributed by atoms with Crippen LogP contribution in [0.5, 0.6) is 0 Å². The standard InChI is InChI=1S/C13H16Cl2FN/c14-10-6-5-9(12(16)7-10)8-17-13-4-2-1-3-11(13)15/h5-7,11,13,17H,1-4,8H2. The van der Waals surface area contributed by atoms with E-state index < -0.39 is 0 Å². The SMILES string of the molecule is Fc1cc(Cl)ccc1CNC1CCCCC1Cl. The molecule has 0 amide bonds. The number of halogens is 3. The van der Waals surface area contributed by atoms with Crippen molar-refractivity contribution in [3.05, 3.63) is 34.6 Å². The van der Waals surface area contributed by atoms with Gasteiger partial charge in [0.2, 0.25) is 0 Å². The molecule has 1 aliphatic carbocycles. The molecule has 0 heterocycles. The van der Waals surface area contributed by atoms with Crippen molar-refractivity contribution < 1.29 is 4.39 Å². The molecule has 94 valence electrons. The van der Waals surface area contributed by atoms with E-state index in [1.165, 1.54) is 18.9 Å². The van der Waals surface area contributed by atoms with Gasteiger partial charge in [0.1, 0.15) is 5.82 Å². The van der Waals surface area contributed by atoms with Crippen LogP contribution in [0, 0.1) is 5.82 Å². The molecular weight excluding hydrogens is 260 g/mol. The number of hydrogen-bond acceptors (Lipinski definition) is 1. The van der Waals surface area contributed by atoms with Gasteiger partial charge in [-0.15, -0.1) is 11.6 Å². The van der Waals surface area contributed by atoms with Crippen LogP contribution >= 0.6 is 23.2 Å². The molecule has 1 aromatic rings. The third-order valence-electron chi connectivity index (χ3n) is 3.25. The highest BCUT2D eigenvalue weighted by atomic mass is 35.5. The van der Waals surface area contributed by atoms with E-state index in [0.717, 1.165) is 12.8 Å². The Morgan fingerprint density at radius 3 is 2.76 bits per heavy atom. The lowest BCUT2D eigenvalue weighted by molar-refractivity contribution is 0.376. The zero-order chi connectivity index (χ0) is 12.3. The summed E-state index contributed by atoms with van der Waals surface area (Å²) in [5.41, 5.74) is 0.642. The fraction of sp³-hybridized carbons (Fsp3) is 0.538. The molecule has 1 nitrogen and oxygen atoms in total. The molecule has 2 atom stereocenters. The second-order valence-electron chi connectivity index (χ2n) is 4.52. The molecule has 1 saturated carbocycles. The molecule has 1 fully saturated rings. The summed E-state index contributed by atoms with van der Waals surface area (Å²) in [6, 6.07) is 5.06. The van der Waals surface area contributed by atoms with Gasteiger partial charge < -0.3 is 5.32 Å². The number of hydrogen-bond donors (Lipinski definition) is 1. The summed E-state index contributed by atoms with van der Waals surface area (Å²) in [5, 5.41) is 3.93. The van der Waals surface area contributed by atoms with Gasteiger partial charge in [0.15, 0.2) is 0 Å². The van der Waals surface area contributed by atoms with Gasteiger partial charge in [0, 0.05) is 28.5 Å². The molecule has 0 aliphatic heterocycles. The molecule has 1 N–H and O–H groups in total. The van der Waals surface area contributed by atoms with Gasteiger partial charge in [0.25, 0.3) is 0 Å². The van der Waals surface area contributed by atoms with Gasteiger partial charge in [-0.05, 0) is 25.0 Å². The molecule has 1 aliphatic rings. The van der Waals surface area contributed by atoms with Crippen molar-refractivity contribution in [1.29, 1.82) is 0 Å². The van der Waals surface area contributed by atoms with Crippen LogP contribution in [0.15, 0.2) is 18.2 Å². The first-order valence-electron chi connectivity index (χ1n) is 5.98. The summed E-state index contributed by atoms with van der Waals surface area (Å²) in [6.07, 6.45) is 4.51. The summed E-state index contributed by atoms with van der Waals surface area (Å²) in [5.74, 6) is -0.257. The van der Waals surface area contributed by atoms with Crippen molar-refractivity contribution >= 4 is 23.2 Å². The van der Waals surface area contributed by atoms with Crippen LogP contribution in [-0.2, 0) is 6.54 Å². The van der Waals surface area contributed by atoms with Crippen LogP contribution in [0.4, 0.5) is 4.39 Å². The Balaban J connectivity index is 1.92. The molecule has 1 aromatic carbocycles. The van der Waals surface area contributed by atoms with Crippen molar-refractivity contribution in [3.8, 4) is 0 Å². The summed E-state index contributed by atoms with van der Waals surface area (Å²) in [6.45, 7) is 0.511. The van der Waals surface area contributed by atoms with Gasteiger partial charge in [-0.2, -0.15) is 0 Å². The van der Waals surface area contributed by atoms with Crippen LogP contribution in [0.2, 0.25) is 5.02 Å². The third kappa shape index (κ3) is 3.57. The molecule has 0 saturated heterocycles. The molecule has 0 radical (unpaired) electrons. The smallest absolute Gasteiger partial charge is 0.129 e. The number of alkyl halides is 1. The molecule has 2 unspecified atom stereocenters. The van der Waals surface area contributed by atoms with Crippen LogP contribution in [0.25, 0.3) is 0 Å². The second-order valence-corrected chi connectivity index (χ2v) is 5.52. The third-order valence-corrected chi connectivity index (χ3v) is 4.01. The fourth-order valence-corrected chi connectivity index (χ4v) is 2.75. The highest BCUT2D eigenvalue weighted by Crippen LogP contribution is 2.23. The quantitative estimate of drug-likeness (QED) is 0.819. The minimum Gasteiger partial charge on any atom is -0.308 e. The minimum absolute atomic E-state index is 0.166. The summed E-state index contributed by atoms with van der Waals surface area (Å²) in [4.78, 5) is 0. The second kappa shape index (κ2) is 6.03. The van der Waals surface area contributed by atoms with Crippen LogP contribution in [0.1, 0.15) is 31.2 Å². The van der Waals surface area contributed by atoms with E-state index in [-0.39, 0.29) is 11.2 Å². The van der Waals surface area contributed by atoms with Gasteiger partial charge in [-0.3, -0.25) is 0 Å². The Bertz CT molecular complexity index is 384. The summed E-state index contributed by atoms with van der Waals surface area (Å²) in [7, 11) is 0. The lowest BCUT2D eigenvalue weighted by atomic mass is 9.95. The first kappa shape index (κ1) is 13.1. The Morgan fingerprint density at radius 2 is 2.06 bits per heavy atom.